The third kappa shape index (κ3) is 3.31. The van der Waals surface area contributed by atoms with Gasteiger partial charge >= 0.3 is 5.97 Å². The third-order valence-corrected chi connectivity index (χ3v) is 2.39. The summed E-state index contributed by atoms with van der Waals surface area (Å²) in [6.45, 7) is 0.536. The summed E-state index contributed by atoms with van der Waals surface area (Å²) in [6.07, 6.45) is 0. The summed E-state index contributed by atoms with van der Waals surface area (Å²) in [6, 6.07) is 3.47. The van der Waals surface area contributed by atoms with Gasteiger partial charge in [-0.3, -0.25) is 10.1 Å². The number of carbonyl (C=O) groups is 1. The van der Waals surface area contributed by atoms with Crippen LogP contribution in [0.1, 0.15) is 6.92 Å². The lowest BCUT2D eigenvalue weighted by molar-refractivity contribution is -0.384. The minimum Gasteiger partial charge on any atom is -0.488 e. The predicted molar refractivity (Wildman–Crippen MR) is 61.9 cm³/mol. The summed E-state index contributed by atoms with van der Waals surface area (Å²) in [7, 11) is 0. The fraction of sp³-hybridized carbons (Fsp3) is 0.300. The van der Waals surface area contributed by atoms with E-state index in [0.29, 0.717) is 0 Å². The zero-order valence-electron chi connectivity index (χ0n) is 9.29. The van der Waals surface area contributed by atoms with Crippen LogP contribution in [0.3, 0.4) is 0 Å². The smallest absolute Gasteiger partial charge is 0.339 e. The third-order valence-electron chi connectivity index (χ3n) is 2.10. The molecule has 0 aromatic heterocycles. The van der Waals surface area contributed by atoms with Crippen molar-refractivity contribution in [3.05, 3.63) is 33.3 Å². The number of non-ortho nitro benzene ring substituents is 1. The molecule has 1 atom stereocenters. The van der Waals surface area contributed by atoms with Crippen LogP contribution in [0.25, 0.3) is 0 Å². The van der Waals surface area contributed by atoms with Crippen LogP contribution in [0, 0.1) is 10.1 Å². The maximum Gasteiger partial charge on any atom is 0.339 e. The van der Waals surface area contributed by atoms with Crippen LogP contribution >= 0.6 is 11.6 Å². The number of benzene rings is 1. The molecule has 0 spiro atoms. The Bertz CT molecular complexity index is 487. The van der Waals surface area contributed by atoms with Gasteiger partial charge in [-0.1, -0.05) is 11.6 Å². The summed E-state index contributed by atoms with van der Waals surface area (Å²) < 4.78 is 5.01. The molecule has 98 valence electrons. The molecule has 0 heterocycles. The van der Waals surface area contributed by atoms with Gasteiger partial charge in [-0.15, -0.1) is 0 Å². The monoisotopic (exact) mass is 275 g/mol. The van der Waals surface area contributed by atoms with Crippen molar-refractivity contribution in [3.8, 4) is 5.75 Å². The van der Waals surface area contributed by atoms with E-state index >= 15 is 0 Å². The van der Waals surface area contributed by atoms with Crippen LogP contribution in [0.4, 0.5) is 5.69 Å². The Hall–Kier alpha value is -1.86. The zero-order chi connectivity index (χ0) is 13.9. The normalized spacial score (nSPS) is 13.7. The molecule has 0 aliphatic carbocycles. The van der Waals surface area contributed by atoms with Gasteiger partial charge in [-0.2, -0.15) is 0 Å². The Balaban J connectivity index is 2.81. The summed E-state index contributed by atoms with van der Waals surface area (Å²) in [5, 5.41) is 28.5. The van der Waals surface area contributed by atoms with Gasteiger partial charge in [0.05, 0.1) is 9.95 Å². The van der Waals surface area contributed by atoms with E-state index in [4.69, 9.17) is 21.4 Å². The number of carboxylic acids is 1. The first kappa shape index (κ1) is 14.2. The Morgan fingerprint density at radius 2 is 2.22 bits per heavy atom. The number of aliphatic hydroxyl groups is 1. The second-order valence-electron chi connectivity index (χ2n) is 3.74. The van der Waals surface area contributed by atoms with Gasteiger partial charge in [0.1, 0.15) is 12.4 Å². The summed E-state index contributed by atoms with van der Waals surface area (Å²) in [4.78, 5) is 20.5. The Morgan fingerprint density at radius 1 is 1.61 bits per heavy atom. The molecule has 0 amide bonds. The highest BCUT2D eigenvalue weighted by molar-refractivity contribution is 6.32. The van der Waals surface area contributed by atoms with Crippen LogP contribution in [0.5, 0.6) is 5.75 Å². The van der Waals surface area contributed by atoms with E-state index < -0.39 is 23.1 Å². The highest BCUT2D eigenvalue weighted by Crippen LogP contribution is 2.29. The molecule has 0 saturated carbocycles. The minimum absolute atomic E-state index is 0.0367. The van der Waals surface area contributed by atoms with Crippen LogP contribution in [0.2, 0.25) is 5.02 Å². The minimum atomic E-state index is -2.06. The van der Waals surface area contributed by atoms with E-state index in [0.717, 1.165) is 19.1 Å². The van der Waals surface area contributed by atoms with Gasteiger partial charge in [0.15, 0.2) is 5.60 Å². The first-order valence-electron chi connectivity index (χ1n) is 4.76. The number of hydrogen-bond donors (Lipinski definition) is 2. The van der Waals surface area contributed by atoms with E-state index in [2.05, 4.69) is 0 Å². The number of nitro groups is 1. The molecular weight excluding hydrogens is 266 g/mol. The Morgan fingerprint density at radius 3 is 2.67 bits per heavy atom. The van der Waals surface area contributed by atoms with Gasteiger partial charge < -0.3 is 14.9 Å². The Labute approximate surface area is 107 Å². The molecule has 2 N–H and O–H groups in total. The van der Waals surface area contributed by atoms with Gasteiger partial charge in [0.2, 0.25) is 0 Å². The van der Waals surface area contributed by atoms with E-state index in [1.165, 1.54) is 6.07 Å². The SMILES string of the molecule is CC(O)(COc1ccc([N+](=O)[O-])cc1Cl)C(=O)O. The lowest BCUT2D eigenvalue weighted by atomic mass is 10.1. The predicted octanol–water partition coefficient (Wildman–Crippen LogP) is 1.46. The highest BCUT2D eigenvalue weighted by Gasteiger charge is 2.31. The van der Waals surface area contributed by atoms with Crippen molar-refractivity contribution in [2.45, 2.75) is 12.5 Å². The van der Waals surface area contributed by atoms with Crippen molar-refractivity contribution in [2.75, 3.05) is 6.61 Å². The standard InChI is InChI=1S/C10H10ClNO6/c1-10(15,9(13)14)5-18-8-3-2-6(12(16)17)4-7(8)11/h2-4,15H,5H2,1H3,(H,13,14). The summed E-state index contributed by atoms with van der Waals surface area (Å²) in [5.74, 6) is -1.38. The average Bonchev–Trinajstić information content (AvgIpc) is 2.26. The number of ether oxygens (including phenoxy) is 1. The van der Waals surface area contributed by atoms with Crippen LogP contribution in [-0.4, -0.2) is 33.3 Å². The maximum atomic E-state index is 10.6. The second kappa shape index (κ2) is 5.19. The average molecular weight is 276 g/mol. The molecule has 0 radical (unpaired) electrons. The van der Waals surface area contributed by atoms with Gasteiger partial charge in [-0.05, 0) is 13.0 Å². The van der Waals surface area contributed by atoms with Crippen molar-refractivity contribution in [3.63, 3.8) is 0 Å². The zero-order valence-corrected chi connectivity index (χ0v) is 10.0. The number of nitrogens with zero attached hydrogens (tertiary/aromatic N) is 1. The summed E-state index contributed by atoms with van der Waals surface area (Å²) in [5.41, 5.74) is -2.28. The van der Waals surface area contributed by atoms with Gasteiger partial charge in [0.25, 0.3) is 5.69 Å². The molecule has 0 bridgehead atoms. The molecule has 1 rings (SSSR count). The summed E-state index contributed by atoms with van der Waals surface area (Å²) >= 11 is 5.72. The van der Waals surface area contributed by atoms with Crippen molar-refractivity contribution >= 4 is 23.3 Å². The lowest BCUT2D eigenvalue weighted by Crippen LogP contribution is -2.41. The first-order chi connectivity index (χ1) is 8.24. The quantitative estimate of drug-likeness (QED) is 0.622. The molecule has 1 aromatic rings. The number of nitro benzene ring substituents is 1. The number of carboxylic acid groups (broad SMARTS) is 1. The maximum absolute atomic E-state index is 10.6. The number of halogens is 1. The van der Waals surface area contributed by atoms with E-state index in [9.17, 15) is 20.0 Å². The molecule has 18 heavy (non-hydrogen) atoms. The molecule has 7 nitrogen and oxygen atoms in total. The molecule has 0 saturated heterocycles. The van der Waals surface area contributed by atoms with Crippen molar-refractivity contribution < 1.29 is 24.7 Å². The van der Waals surface area contributed by atoms with Gasteiger partial charge in [0, 0.05) is 12.1 Å². The van der Waals surface area contributed by atoms with Crippen LogP contribution < -0.4 is 4.74 Å². The molecule has 0 aliphatic heterocycles. The second-order valence-corrected chi connectivity index (χ2v) is 4.15. The lowest BCUT2D eigenvalue weighted by Gasteiger charge is -2.18. The number of aliphatic carboxylic acids is 1. The van der Waals surface area contributed by atoms with E-state index in [1.807, 2.05) is 0 Å². The first-order valence-corrected chi connectivity index (χ1v) is 5.14. The Kier molecular flexibility index (Phi) is 4.10. The van der Waals surface area contributed by atoms with Crippen molar-refractivity contribution in [2.24, 2.45) is 0 Å². The molecule has 1 unspecified atom stereocenters. The topological polar surface area (TPSA) is 110 Å². The molecule has 0 aliphatic rings. The highest BCUT2D eigenvalue weighted by atomic mass is 35.5. The number of hydrogen-bond acceptors (Lipinski definition) is 5. The largest absolute Gasteiger partial charge is 0.488 e. The van der Waals surface area contributed by atoms with E-state index in [1.54, 1.807) is 0 Å². The number of rotatable bonds is 5. The van der Waals surface area contributed by atoms with Gasteiger partial charge in [-0.25, -0.2) is 4.79 Å². The van der Waals surface area contributed by atoms with Crippen LogP contribution in [-0.2, 0) is 4.79 Å². The van der Waals surface area contributed by atoms with Crippen molar-refractivity contribution in [1.82, 2.24) is 0 Å². The van der Waals surface area contributed by atoms with Crippen LogP contribution in [0.15, 0.2) is 18.2 Å². The molecule has 8 heteroatoms. The van der Waals surface area contributed by atoms with E-state index in [-0.39, 0.29) is 16.5 Å². The fourth-order valence-corrected chi connectivity index (χ4v) is 1.23. The molecular formula is C10H10ClNO6. The molecule has 0 fully saturated rings. The fourth-order valence-electron chi connectivity index (χ4n) is 1.00. The molecule has 1 aromatic carbocycles. The van der Waals surface area contributed by atoms with Crippen molar-refractivity contribution in [1.29, 1.82) is 0 Å².